The molecule has 1 aliphatic rings. The fourth-order valence-corrected chi connectivity index (χ4v) is 2.57. The molecule has 1 saturated carbocycles. The number of nitrogens with one attached hydrogen (secondary N) is 1. The first-order valence-corrected chi connectivity index (χ1v) is 8.07. The van der Waals surface area contributed by atoms with Gasteiger partial charge in [-0.15, -0.1) is 0 Å². The molecule has 1 N–H and O–H groups in total. The normalized spacial score (nSPS) is 16.4. The van der Waals surface area contributed by atoms with Crippen molar-refractivity contribution >= 4 is 17.6 Å². The molecule has 1 fully saturated rings. The fourth-order valence-electron chi connectivity index (χ4n) is 2.57. The van der Waals surface area contributed by atoms with Gasteiger partial charge >= 0.3 is 5.97 Å². The van der Waals surface area contributed by atoms with Crippen molar-refractivity contribution in [3.05, 3.63) is 23.8 Å². The van der Waals surface area contributed by atoms with Crippen LogP contribution in [0.3, 0.4) is 0 Å². The van der Waals surface area contributed by atoms with Crippen LogP contribution in [-0.2, 0) is 14.3 Å². The van der Waals surface area contributed by atoms with Crippen LogP contribution in [0.1, 0.15) is 44.0 Å². The maximum Gasteiger partial charge on any atom is 0.341 e. The molecule has 0 saturated heterocycles. The van der Waals surface area contributed by atoms with Crippen LogP contribution in [-0.4, -0.2) is 37.8 Å². The van der Waals surface area contributed by atoms with Crippen molar-refractivity contribution in [2.45, 2.75) is 45.3 Å². The average molecular weight is 335 g/mol. The Balaban J connectivity index is 2.24. The Hall–Kier alpha value is -2.08. The van der Waals surface area contributed by atoms with Gasteiger partial charge in [-0.05, 0) is 57.7 Å². The second-order valence-corrected chi connectivity index (χ2v) is 6.41. The summed E-state index contributed by atoms with van der Waals surface area (Å²) in [6, 6.07) is 4.92. The second kappa shape index (κ2) is 7.21. The summed E-state index contributed by atoms with van der Waals surface area (Å²) in [5, 5.41) is 2.83. The number of benzene rings is 1. The van der Waals surface area contributed by atoms with Crippen molar-refractivity contribution in [2.75, 3.05) is 19.5 Å². The lowest BCUT2D eigenvalue weighted by Gasteiger charge is -2.27. The van der Waals surface area contributed by atoms with Crippen LogP contribution in [0.5, 0.6) is 5.75 Å². The monoisotopic (exact) mass is 335 g/mol. The summed E-state index contributed by atoms with van der Waals surface area (Å²) in [6.07, 6.45) is 1.87. The van der Waals surface area contributed by atoms with Crippen LogP contribution >= 0.6 is 0 Å². The number of ether oxygens (including phenoxy) is 3. The molecule has 0 radical (unpaired) electrons. The van der Waals surface area contributed by atoms with Crippen LogP contribution in [0.4, 0.5) is 5.69 Å². The highest BCUT2D eigenvalue weighted by Gasteiger charge is 2.47. The van der Waals surface area contributed by atoms with Gasteiger partial charge in [0.15, 0.2) is 0 Å². The zero-order valence-electron chi connectivity index (χ0n) is 14.8. The van der Waals surface area contributed by atoms with Crippen molar-refractivity contribution in [2.24, 2.45) is 5.92 Å². The molecular formula is C18H25NO5. The number of amides is 1. The molecule has 0 aromatic heterocycles. The van der Waals surface area contributed by atoms with Crippen molar-refractivity contribution < 1.29 is 23.8 Å². The minimum atomic E-state index is -0.863. The summed E-state index contributed by atoms with van der Waals surface area (Å²) in [4.78, 5) is 24.6. The van der Waals surface area contributed by atoms with Crippen LogP contribution in [0.2, 0.25) is 0 Å². The molecule has 1 atom stereocenters. The zero-order chi connectivity index (χ0) is 17.9. The highest BCUT2D eigenvalue weighted by molar-refractivity contribution is 5.99. The maximum atomic E-state index is 12.6. The Bertz CT molecular complexity index is 624. The van der Waals surface area contributed by atoms with E-state index in [4.69, 9.17) is 14.2 Å². The highest BCUT2D eigenvalue weighted by atomic mass is 16.5. The van der Waals surface area contributed by atoms with Gasteiger partial charge in [-0.3, -0.25) is 4.79 Å². The number of hydrogen-bond donors (Lipinski definition) is 1. The molecule has 1 aromatic rings. The smallest absolute Gasteiger partial charge is 0.341 e. The van der Waals surface area contributed by atoms with Crippen LogP contribution in [0.15, 0.2) is 18.2 Å². The Kier molecular flexibility index (Phi) is 5.49. The quantitative estimate of drug-likeness (QED) is 0.775. The molecule has 0 bridgehead atoms. The third kappa shape index (κ3) is 3.87. The minimum Gasteiger partial charge on any atom is -0.490 e. The van der Waals surface area contributed by atoms with E-state index in [2.05, 4.69) is 5.32 Å². The summed E-state index contributed by atoms with van der Waals surface area (Å²) >= 11 is 0. The Morgan fingerprint density at radius 2 is 1.92 bits per heavy atom. The predicted molar refractivity (Wildman–Crippen MR) is 90.3 cm³/mol. The molecule has 2 rings (SSSR count). The van der Waals surface area contributed by atoms with Gasteiger partial charge in [-0.2, -0.15) is 0 Å². The van der Waals surface area contributed by atoms with Gasteiger partial charge in [0.1, 0.15) is 16.9 Å². The molecule has 1 unspecified atom stereocenters. The number of hydrogen-bond acceptors (Lipinski definition) is 5. The van der Waals surface area contributed by atoms with E-state index in [9.17, 15) is 9.59 Å². The average Bonchev–Trinajstić information content (AvgIpc) is 3.39. The predicted octanol–water partition coefficient (Wildman–Crippen LogP) is 3.01. The molecule has 0 aliphatic heterocycles. The molecule has 132 valence electrons. The van der Waals surface area contributed by atoms with E-state index >= 15 is 0 Å². The molecule has 1 aromatic carbocycles. The zero-order valence-corrected chi connectivity index (χ0v) is 14.8. The first-order chi connectivity index (χ1) is 11.3. The SMILES string of the molecule is COC(=O)c1cc(NC(=O)C(C)(OC)C2CC2)ccc1OC(C)C. The molecule has 6 heteroatoms. The summed E-state index contributed by atoms with van der Waals surface area (Å²) in [6.45, 7) is 5.53. The largest absolute Gasteiger partial charge is 0.490 e. The maximum absolute atomic E-state index is 12.6. The first-order valence-electron chi connectivity index (χ1n) is 8.07. The molecule has 0 heterocycles. The lowest BCUT2D eigenvalue weighted by atomic mass is 9.99. The lowest BCUT2D eigenvalue weighted by Crippen LogP contribution is -2.44. The van der Waals surface area contributed by atoms with Gasteiger partial charge in [0, 0.05) is 12.8 Å². The number of carbonyl (C=O) groups is 2. The van der Waals surface area contributed by atoms with E-state index in [1.165, 1.54) is 14.2 Å². The van der Waals surface area contributed by atoms with E-state index in [0.717, 1.165) is 12.8 Å². The Morgan fingerprint density at radius 3 is 2.42 bits per heavy atom. The van der Waals surface area contributed by atoms with Crippen LogP contribution in [0, 0.1) is 5.92 Å². The third-order valence-electron chi connectivity index (χ3n) is 4.24. The van der Waals surface area contributed by atoms with Crippen LogP contribution in [0.25, 0.3) is 0 Å². The van der Waals surface area contributed by atoms with Gasteiger partial charge in [0.05, 0.1) is 13.2 Å². The molecule has 6 nitrogen and oxygen atoms in total. The molecule has 1 aliphatic carbocycles. The number of rotatable bonds is 7. The Labute approximate surface area is 142 Å². The highest BCUT2D eigenvalue weighted by Crippen LogP contribution is 2.42. The van der Waals surface area contributed by atoms with Crippen molar-refractivity contribution in [1.82, 2.24) is 0 Å². The minimum absolute atomic E-state index is 0.0829. The standard InChI is InChI=1S/C18H25NO5/c1-11(2)24-15-9-8-13(10-14(15)16(20)22-4)19-17(21)18(3,23-5)12-6-7-12/h8-12H,6-7H2,1-5H3,(H,19,21). The van der Waals surface area contributed by atoms with Gasteiger partial charge in [0.2, 0.25) is 0 Å². The second-order valence-electron chi connectivity index (χ2n) is 6.41. The lowest BCUT2D eigenvalue weighted by molar-refractivity contribution is -0.138. The Morgan fingerprint density at radius 1 is 1.25 bits per heavy atom. The summed E-state index contributed by atoms with van der Waals surface area (Å²) < 4.78 is 15.9. The van der Waals surface area contributed by atoms with Crippen molar-refractivity contribution in [3.8, 4) is 5.75 Å². The van der Waals surface area contributed by atoms with Gasteiger partial charge in [-0.1, -0.05) is 0 Å². The van der Waals surface area contributed by atoms with E-state index in [1.54, 1.807) is 25.1 Å². The van der Waals surface area contributed by atoms with Crippen molar-refractivity contribution in [1.29, 1.82) is 0 Å². The van der Waals surface area contributed by atoms with Gasteiger partial charge < -0.3 is 19.5 Å². The summed E-state index contributed by atoms with van der Waals surface area (Å²) in [5.41, 5.74) is -0.0894. The van der Waals surface area contributed by atoms with Crippen molar-refractivity contribution in [3.63, 3.8) is 0 Å². The topological polar surface area (TPSA) is 73.9 Å². The van der Waals surface area contributed by atoms with E-state index in [-0.39, 0.29) is 23.5 Å². The number of esters is 1. The van der Waals surface area contributed by atoms with E-state index in [0.29, 0.717) is 11.4 Å². The molecule has 0 spiro atoms. The molecular weight excluding hydrogens is 310 g/mol. The summed E-state index contributed by atoms with van der Waals surface area (Å²) in [5.74, 6) is -0.0861. The number of carbonyl (C=O) groups excluding carboxylic acids is 2. The van der Waals surface area contributed by atoms with Crippen LogP contribution < -0.4 is 10.1 Å². The van der Waals surface area contributed by atoms with Gasteiger partial charge in [0.25, 0.3) is 5.91 Å². The third-order valence-corrected chi connectivity index (χ3v) is 4.24. The molecule has 24 heavy (non-hydrogen) atoms. The fraction of sp³-hybridized carbons (Fsp3) is 0.556. The van der Waals surface area contributed by atoms with Gasteiger partial charge in [-0.25, -0.2) is 4.79 Å². The molecule has 1 amide bonds. The number of methoxy groups -OCH3 is 2. The summed E-state index contributed by atoms with van der Waals surface area (Å²) in [7, 11) is 2.85. The number of anilines is 1. The van der Waals surface area contributed by atoms with E-state index < -0.39 is 11.6 Å². The van der Waals surface area contributed by atoms with E-state index in [1.807, 2.05) is 13.8 Å². The first kappa shape index (κ1) is 18.3.